The molecule has 0 spiro atoms. The van der Waals surface area contributed by atoms with Crippen LogP contribution in [0.5, 0.6) is 11.5 Å². The molecule has 1 aliphatic rings. The number of sulfonamides is 1. The lowest BCUT2D eigenvalue weighted by Gasteiger charge is -2.34. The van der Waals surface area contributed by atoms with Crippen molar-refractivity contribution < 1.29 is 27.7 Å². The van der Waals surface area contributed by atoms with Crippen molar-refractivity contribution in [2.24, 2.45) is 0 Å². The monoisotopic (exact) mass is 456 g/mol. The van der Waals surface area contributed by atoms with Gasteiger partial charge < -0.3 is 19.3 Å². The Balaban J connectivity index is 1.40. The van der Waals surface area contributed by atoms with E-state index in [1.54, 1.807) is 31.7 Å². The number of rotatable bonds is 10. The van der Waals surface area contributed by atoms with E-state index in [-0.39, 0.29) is 6.61 Å². The Hall–Kier alpha value is -1.69. The summed E-state index contributed by atoms with van der Waals surface area (Å²) in [5.41, 5.74) is 0.923. The molecule has 166 valence electrons. The minimum atomic E-state index is -3.41. The maximum Gasteiger partial charge on any atom is 0.252 e. The Bertz CT molecular complexity index is 896. The average molecular weight is 457 g/mol. The number of benzene rings is 1. The number of aliphatic hydroxyl groups is 1. The van der Waals surface area contributed by atoms with Crippen LogP contribution in [0.4, 0.5) is 0 Å². The fraction of sp³-hybridized carbons (Fsp3) is 0.500. The molecule has 1 saturated heterocycles. The second-order valence-electron chi connectivity index (χ2n) is 7.00. The first kappa shape index (κ1) is 23.0. The maximum absolute atomic E-state index is 12.6. The number of hydrogen-bond donors (Lipinski definition) is 1. The summed E-state index contributed by atoms with van der Waals surface area (Å²) in [5.74, 6) is 1.29. The first-order valence-corrected chi connectivity index (χ1v) is 12.0. The quantitative estimate of drug-likeness (QED) is 0.582. The van der Waals surface area contributed by atoms with E-state index < -0.39 is 16.1 Å². The summed E-state index contributed by atoms with van der Waals surface area (Å²) < 4.78 is 43.2. The van der Waals surface area contributed by atoms with Crippen LogP contribution < -0.4 is 9.47 Å². The van der Waals surface area contributed by atoms with Crippen molar-refractivity contribution in [1.29, 1.82) is 0 Å². The van der Waals surface area contributed by atoms with Gasteiger partial charge in [0, 0.05) is 32.7 Å². The van der Waals surface area contributed by atoms with Gasteiger partial charge in [-0.25, -0.2) is 8.42 Å². The van der Waals surface area contributed by atoms with E-state index in [0.717, 1.165) is 5.56 Å². The van der Waals surface area contributed by atoms with Gasteiger partial charge in [-0.3, -0.25) is 4.90 Å². The molecule has 1 fully saturated rings. The van der Waals surface area contributed by atoms with E-state index in [9.17, 15) is 13.5 Å². The molecule has 0 saturated carbocycles. The van der Waals surface area contributed by atoms with E-state index in [0.29, 0.717) is 55.0 Å². The summed E-state index contributed by atoms with van der Waals surface area (Å²) >= 11 is 1.23. The topological polar surface area (TPSA) is 88.5 Å². The minimum Gasteiger partial charge on any atom is -0.493 e. The van der Waals surface area contributed by atoms with Crippen molar-refractivity contribution in [2.45, 2.75) is 16.9 Å². The normalized spacial score (nSPS) is 17.0. The number of aliphatic hydroxyl groups excluding tert-OH is 1. The van der Waals surface area contributed by atoms with E-state index in [1.807, 2.05) is 18.2 Å². The van der Waals surface area contributed by atoms with E-state index in [2.05, 4.69) is 4.90 Å². The fourth-order valence-corrected chi connectivity index (χ4v) is 5.89. The van der Waals surface area contributed by atoms with Gasteiger partial charge in [-0.15, -0.1) is 11.3 Å². The Kier molecular flexibility index (Phi) is 8.09. The third kappa shape index (κ3) is 5.71. The van der Waals surface area contributed by atoms with Crippen LogP contribution in [-0.2, 0) is 21.4 Å². The molecule has 0 radical (unpaired) electrons. The Morgan fingerprint density at radius 3 is 2.47 bits per heavy atom. The number of hydrogen-bond acceptors (Lipinski definition) is 8. The van der Waals surface area contributed by atoms with Crippen LogP contribution in [-0.4, -0.2) is 82.4 Å². The van der Waals surface area contributed by atoms with Crippen LogP contribution >= 0.6 is 11.3 Å². The molecule has 0 amide bonds. The van der Waals surface area contributed by atoms with Crippen LogP contribution in [0.3, 0.4) is 0 Å². The van der Waals surface area contributed by atoms with Crippen molar-refractivity contribution in [1.82, 2.24) is 9.21 Å². The number of ether oxygens (including phenoxy) is 3. The highest BCUT2D eigenvalue weighted by molar-refractivity contribution is 7.91. The summed E-state index contributed by atoms with van der Waals surface area (Å²) in [7, 11) is -0.241. The molecule has 1 atom stereocenters. The molecular weight excluding hydrogens is 428 g/mol. The number of β-amino-alcohol motifs (C(OH)–C–C–N with tert-alkyl or cyclic N) is 1. The summed E-state index contributed by atoms with van der Waals surface area (Å²) in [6.07, 6.45) is -0.648. The van der Waals surface area contributed by atoms with Gasteiger partial charge in [-0.2, -0.15) is 4.31 Å². The van der Waals surface area contributed by atoms with Crippen LogP contribution in [0.15, 0.2) is 39.9 Å². The van der Waals surface area contributed by atoms with Gasteiger partial charge >= 0.3 is 0 Å². The van der Waals surface area contributed by atoms with Crippen LogP contribution in [0.1, 0.15) is 5.56 Å². The number of piperazine rings is 1. The van der Waals surface area contributed by atoms with Gasteiger partial charge in [-0.1, -0.05) is 12.1 Å². The van der Waals surface area contributed by atoms with Crippen LogP contribution in [0.25, 0.3) is 0 Å². The highest BCUT2D eigenvalue weighted by Crippen LogP contribution is 2.27. The highest BCUT2D eigenvalue weighted by Gasteiger charge is 2.29. The largest absolute Gasteiger partial charge is 0.493 e. The molecule has 2 heterocycles. The first-order valence-electron chi connectivity index (χ1n) is 9.66. The lowest BCUT2D eigenvalue weighted by atomic mass is 10.2. The zero-order chi connectivity index (χ0) is 21.6. The van der Waals surface area contributed by atoms with Gasteiger partial charge in [0.15, 0.2) is 11.5 Å². The van der Waals surface area contributed by atoms with Gasteiger partial charge in [0.2, 0.25) is 0 Å². The molecule has 0 unspecified atom stereocenters. The molecule has 1 aromatic heterocycles. The van der Waals surface area contributed by atoms with E-state index in [1.165, 1.54) is 15.6 Å². The number of methoxy groups -OCH3 is 2. The number of thiophene rings is 1. The molecular formula is C20H28N2O6S2. The molecule has 1 aliphatic heterocycles. The first-order chi connectivity index (χ1) is 14.4. The van der Waals surface area contributed by atoms with Crippen molar-refractivity contribution in [3.8, 4) is 11.5 Å². The zero-order valence-corrected chi connectivity index (χ0v) is 18.8. The standard InChI is InChI=1S/C20H28N2O6S2/c1-26-18-6-5-16(12-19(18)27-2)14-28-15-17(23)13-21-7-9-22(10-8-21)30(24,25)20-4-3-11-29-20/h3-6,11-12,17,23H,7-10,13-15H2,1-2H3/t17-/m1/s1. The summed E-state index contributed by atoms with van der Waals surface area (Å²) in [6, 6.07) is 8.93. The Labute approximate surface area is 181 Å². The molecule has 0 aliphatic carbocycles. The fourth-order valence-electron chi connectivity index (χ4n) is 3.32. The maximum atomic E-state index is 12.6. The zero-order valence-electron chi connectivity index (χ0n) is 17.2. The van der Waals surface area contributed by atoms with E-state index in [4.69, 9.17) is 14.2 Å². The predicted octanol–water partition coefficient (Wildman–Crippen LogP) is 1.65. The summed E-state index contributed by atoms with van der Waals surface area (Å²) in [4.78, 5) is 2.06. The van der Waals surface area contributed by atoms with E-state index >= 15 is 0 Å². The summed E-state index contributed by atoms with van der Waals surface area (Å²) in [6.45, 7) is 2.98. The molecule has 3 rings (SSSR count). The molecule has 10 heteroatoms. The number of nitrogens with zero attached hydrogens (tertiary/aromatic N) is 2. The molecule has 8 nitrogen and oxygen atoms in total. The van der Waals surface area contributed by atoms with Gasteiger partial charge in [-0.05, 0) is 29.1 Å². The van der Waals surface area contributed by atoms with Crippen LogP contribution in [0.2, 0.25) is 0 Å². The third-order valence-corrected chi connectivity index (χ3v) is 8.19. The lowest BCUT2D eigenvalue weighted by molar-refractivity contribution is 0.00535. The lowest BCUT2D eigenvalue weighted by Crippen LogP contribution is -2.50. The average Bonchev–Trinajstić information content (AvgIpc) is 3.30. The van der Waals surface area contributed by atoms with Crippen molar-refractivity contribution in [3.63, 3.8) is 0 Å². The van der Waals surface area contributed by atoms with Crippen molar-refractivity contribution in [2.75, 3.05) is 53.6 Å². The van der Waals surface area contributed by atoms with Crippen molar-refractivity contribution in [3.05, 3.63) is 41.3 Å². The van der Waals surface area contributed by atoms with Crippen LogP contribution in [0, 0.1) is 0 Å². The highest BCUT2D eigenvalue weighted by atomic mass is 32.2. The second-order valence-corrected chi connectivity index (χ2v) is 10.1. The Morgan fingerprint density at radius 1 is 1.10 bits per heavy atom. The van der Waals surface area contributed by atoms with Gasteiger partial charge in [0.1, 0.15) is 4.21 Å². The van der Waals surface area contributed by atoms with Gasteiger partial charge in [0.25, 0.3) is 10.0 Å². The predicted molar refractivity (Wildman–Crippen MR) is 115 cm³/mol. The van der Waals surface area contributed by atoms with Crippen molar-refractivity contribution >= 4 is 21.4 Å². The minimum absolute atomic E-state index is 0.196. The molecule has 2 aromatic rings. The molecule has 1 N–H and O–H groups in total. The summed E-state index contributed by atoms with van der Waals surface area (Å²) in [5, 5.41) is 12.1. The SMILES string of the molecule is COc1ccc(COC[C@H](O)CN2CCN(S(=O)(=O)c3cccs3)CC2)cc1OC. The molecule has 1 aromatic carbocycles. The Morgan fingerprint density at radius 2 is 1.83 bits per heavy atom. The van der Waals surface area contributed by atoms with Gasteiger partial charge in [0.05, 0.1) is 33.5 Å². The molecule has 0 bridgehead atoms. The third-order valence-electron chi connectivity index (χ3n) is 4.92. The molecule has 30 heavy (non-hydrogen) atoms. The second kappa shape index (κ2) is 10.6. The smallest absolute Gasteiger partial charge is 0.252 e.